The molecule has 0 bridgehead atoms. The molecule has 0 aliphatic carbocycles. The normalized spacial score (nSPS) is 14.6. The van der Waals surface area contributed by atoms with Crippen molar-refractivity contribution in [3.8, 4) is 0 Å². The number of nitrogens with zero attached hydrogens (tertiary/aromatic N) is 2. The smallest absolute Gasteiger partial charge is 0.253 e. The Morgan fingerprint density at radius 3 is 2.65 bits per heavy atom. The fraction of sp³-hybridized carbons (Fsp3) is 0.529. The van der Waals surface area contributed by atoms with Gasteiger partial charge in [0.25, 0.3) is 5.91 Å². The lowest BCUT2D eigenvalue weighted by Crippen LogP contribution is -2.47. The Balaban J connectivity index is 1.95. The molecule has 0 atom stereocenters. The highest BCUT2D eigenvalue weighted by Crippen LogP contribution is 2.13. The Morgan fingerprint density at radius 2 is 2.00 bits per heavy atom. The molecule has 2 amide bonds. The van der Waals surface area contributed by atoms with Crippen LogP contribution >= 0.6 is 11.6 Å². The summed E-state index contributed by atoms with van der Waals surface area (Å²) in [5.74, 6) is 0.0500. The van der Waals surface area contributed by atoms with E-state index in [4.69, 9.17) is 11.6 Å². The topological polar surface area (TPSA) is 52.7 Å². The molecular weight excluding hydrogens is 314 g/mol. The first kappa shape index (κ1) is 17.8. The Morgan fingerprint density at radius 1 is 1.26 bits per heavy atom. The fourth-order valence-corrected chi connectivity index (χ4v) is 2.88. The van der Waals surface area contributed by atoms with Crippen LogP contribution in [-0.4, -0.2) is 60.9 Å². The molecule has 1 aromatic rings. The molecule has 1 N–H and O–H groups in total. The number of amides is 2. The summed E-state index contributed by atoms with van der Waals surface area (Å²) < 4.78 is 0. The van der Waals surface area contributed by atoms with Crippen LogP contribution in [0.5, 0.6) is 0 Å². The minimum atomic E-state index is -0.0672. The van der Waals surface area contributed by atoms with Crippen LogP contribution < -0.4 is 5.32 Å². The maximum Gasteiger partial charge on any atom is 0.253 e. The molecule has 1 saturated heterocycles. The van der Waals surface area contributed by atoms with E-state index in [2.05, 4.69) is 5.32 Å². The van der Waals surface area contributed by atoms with E-state index in [-0.39, 0.29) is 11.8 Å². The van der Waals surface area contributed by atoms with Gasteiger partial charge in [0, 0.05) is 56.3 Å². The van der Waals surface area contributed by atoms with Gasteiger partial charge in [-0.25, -0.2) is 0 Å². The summed E-state index contributed by atoms with van der Waals surface area (Å²) in [5, 5.41) is 3.77. The van der Waals surface area contributed by atoms with Gasteiger partial charge in [-0.3, -0.25) is 9.59 Å². The third-order valence-corrected chi connectivity index (χ3v) is 4.15. The molecular formula is C17H24ClN3O2. The average Bonchev–Trinajstić information content (AvgIpc) is 2.58. The van der Waals surface area contributed by atoms with Crippen molar-refractivity contribution in [3.63, 3.8) is 0 Å². The highest BCUT2D eigenvalue weighted by atomic mass is 35.5. The molecule has 126 valence electrons. The summed E-state index contributed by atoms with van der Waals surface area (Å²) in [6.45, 7) is 6.28. The predicted molar refractivity (Wildman–Crippen MR) is 91.7 cm³/mol. The lowest BCUT2D eigenvalue weighted by molar-refractivity contribution is -0.131. The molecule has 1 aliphatic rings. The first-order valence-corrected chi connectivity index (χ1v) is 8.53. The second-order valence-corrected chi connectivity index (χ2v) is 6.12. The molecule has 0 radical (unpaired) electrons. The minimum absolute atomic E-state index is 0.0672. The van der Waals surface area contributed by atoms with Gasteiger partial charge in [0.05, 0.1) is 0 Å². The molecule has 0 aromatic heterocycles. The van der Waals surface area contributed by atoms with E-state index in [1.54, 1.807) is 29.2 Å². The van der Waals surface area contributed by atoms with Gasteiger partial charge in [-0.1, -0.05) is 24.6 Å². The predicted octanol–water partition coefficient (Wildman–Crippen LogP) is 2.01. The molecule has 1 aliphatic heterocycles. The summed E-state index contributed by atoms with van der Waals surface area (Å²) in [6, 6.07) is 6.95. The van der Waals surface area contributed by atoms with Gasteiger partial charge < -0.3 is 15.1 Å². The van der Waals surface area contributed by atoms with E-state index in [1.807, 2.05) is 11.8 Å². The number of nitrogens with one attached hydrogen (secondary N) is 1. The SMILES string of the molecule is CCCN(CCC(=O)N1CCNCC1)C(=O)c1cccc(Cl)c1. The van der Waals surface area contributed by atoms with Gasteiger partial charge >= 0.3 is 0 Å². The largest absolute Gasteiger partial charge is 0.340 e. The highest BCUT2D eigenvalue weighted by Gasteiger charge is 2.20. The Hall–Kier alpha value is -1.59. The first-order chi connectivity index (χ1) is 11.1. The average molecular weight is 338 g/mol. The van der Waals surface area contributed by atoms with Crippen LogP contribution in [0, 0.1) is 0 Å². The standard InChI is InChI=1S/C17H24ClN3O2/c1-2-9-21(17(23)14-4-3-5-15(18)13-14)10-6-16(22)20-11-7-19-8-12-20/h3-5,13,19H,2,6-12H2,1H3. The highest BCUT2D eigenvalue weighted by molar-refractivity contribution is 6.30. The van der Waals surface area contributed by atoms with Crippen molar-refractivity contribution in [1.82, 2.24) is 15.1 Å². The fourth-order valence-electron chi connectivity index (χ4n) is 2.69. The minimum Gasteiger partial charge on any atom is -0.340 e. The summed E-state index contributed by atoms with van der Waals surface area (Å²) in [5.41, 5.74) is 0.570. The zero-order valence-corrected chi connectivity index (χ0v) is 14.3. The van der Waals surface area contributed by atoms with Crippen molar-refractivity contribution in [1.29, 1.82) is 0 Å². The maximum absolute atomic E-state index is 12.6. The van der Waals surface area contributed by atoms with Crippen molar-refractivity contribution in [2.75, 3.05) is 39.3 Å². The van der Waals surface area contributed by atoms with Crippen molar-refractivity contribution < 1.29 is 9.59 Å². The lowest BCUT2D eigenvalue weighted by Gasteiger charge is -2.29. The quantitative estimate of drug-likeness (QED) is 0.864. The number of benzene rings is 1. The van der Waals surface area contributed by atoms with Crippen LogP contribution in [0.15, 0.2) is 24.3 Å². The Labute approximate surface area is 142 Å². The summed E-state index contributed by atoms with van der Waals surface area (Å²) >= 11 is 5.96. The molecule has 0 saturated carbocycles. The molecule has 2 rings (SSSR count). The van der Waals surface area contributed by atoms with Crippen LogP contribution in [0.1, 0.15) is 30.1 Å². The summed E-state index contributed by atoms with van der Waals surface area (Å²) in [4.78, 5) is 28.5. The molecule has 0 spiro atoms. The van der Waals surface area contributed by atoms with E-state index in [9.17, 15) is 9.59 Å². The van der Waals surface area contributed by atoms with E-state index in [1.165, 1.54) is 0 Å². The molecule has 1 fully saturated rings. The van der Waals surface area contributed by atoms with Crippen LogP contribution in [0.4, 0.5) is 0 Å². The van der Waals surface area contributed by atoms with Crippen molar-refractivity contribution in [3.05, 3.63) is 34.9 Å². The molecule has 1 aromatic carbocycles. The van der Waals surface area contributed by atoms with Crippen LogP contribution in [0.2, 0.25) is 5.02 Å². The number of halogens is 1. The van der Waals surface area contributed by atoms with Crippen molar-refractivity contribution >= 4 is 23.4 Å². The molecule has 5 nitrogen and oxygen atoms in total. The third kappa shape index (κ3) is 5.22. The monoisotopic (exact) mass is 337 g/mol. The van der Waals surface area contributed by atoms with Gasteiger partial charge in [-0.05, 0) is 24.6 Å². The second kappa shape index (κ2) is 8.89. The van der Waals surface area contributed by atoms with Gasteiger partial charge in [-0.15, -0.1) is 0 Å². The van der Waals surface area contributed by atoms with Crippen molar-refractivity contribution in [2.24, 2.45) is 0 Å². The number of rotatable bonds is 6. The first-order valence-electron chi connectivity index (χ1n) is 8.15. The number of hydrogen-bond acceptors (Lipinski definition) is 3. The number of carbonyl (C=O) groups excluding carboxylic acids is 2. The van der Waals surface area contributed by atoms with Crippen LogP contribution in [-0.2, 0) is 4.79 Å². The molecule has 23 heavy (non-hydrogen) atoms. The Kier molecular flexibility index (Phi) is 6.86. The number of hydrogen-bond donors (Lipinski definition) is 1. The van der Waals surface area contributed by atoms with Gasteiger partial charge in [0.1, 0.15) is 0 Å². The zero-order chi connectivity index (χ0) is 16.7. The van der Waals surface area contributed by atoms with E-state index in [0.29, 0.717) is 30.1 Å². The Bertz CT molecular complexity index is 544. The van der Waals surface area contributed by atoms with Crippen molar-refractivity contribution in [2.45, 2.75) is 19.8 Å². The van der Waals surface area contributed by atoms with Crippen LogP contribution in [0.3, 0.4) is 0 Å². The summed E-state index contributed by atoms with van der Waals surface area (Å²) in [7, 11) is 0. The molecule has 6 heteroatoms. The third-order valence-electron chi connectivity index (χ3n) is 3.92. The van der Waals surface area contributed by atoms with E-state index >= 15 is 0 Å². The van der Waals surface area contributed by atoms with Gasteiger partial charge in [0.2, 0.25) is 5.91 Å². The van der Waals surface area contributed by atoms with Crippen LogP contribution in [0.25, 0.3) is 0 Å². The summed E-state index contributed by atoms with van der Waals surface area (Å²) in [6.07, 6.45) is 1.22. The number of piperazine rings is 1. The van der Waals surface area contributed by atoms with E-state index < -0.39 is 0 Å². The number of carbonyl (C=O) groups is 2. The lowest BCUT2D eigenvalue weighted by atomic mass is 10.2. The van der Waals surface area contributed by atoms with E-state index in [0.717, 1.165) is 32.6 Å². The molecule has 1 heterocycles. The van der Waals surface area contributed by atoms with Gasteiger partial charge in [0.15, 0.2) is 0 Å². The maximum atomic E-state index is 12.6. The molecule has 0 unspecified atom stereocenters. The van der Waals surface area contributed by atoms with Gasteiger partial charge in [-0.2, -0.15) is 0 Å². The zero-order valence-electron chi connectivity index (χ0n) is 13.6. The second-order valence-electron chi connectivity index (χ2n) is 5.68.